The van der Waals surface area contributed by atoms with E-state index >= 15 is 0 Å². The molecule has 1 aromatic carbocycles. The Balaban J connectivity index is 1.98. The summed E-state index contributed by atoms with van der Waals surface area (Å²) in [5.74, 6) is 2.22. The fraction of sp³-hybridized carbons (Fsp3) is 0.565. The van der Waals surface area contributed by atoms with Crippen molar-refractivity contribution in [3.05, 3.63) is 52.5 Å². The SMILES string of the molecule is CCc1nc(C(C)C)nc(N2CCN(S(=O)(=O)CC)CC2)c1Cc1cccc(C)c1. The molecule has 2 aromatic rings. The minimum atomic E-state index is -3.15. The molecule has 3 rings (SSSR count). The highest BCUT2D eigenvalue weighted by atomic mass is 32.2. The van der Waals surface area contributed by atoms with Crippen molar-refractivity contribution < 1.29 is 8.42 Å². The zero-order valence-electron chi connectivity index (χ0n) is 18.9. The number of rotatable bonds is 7. The Labute approximate surface area is 181 Å². The summed E-state index contributed by atoms with van der Waals surface area (Å²) >= 11 is 0. The number of piperazine rings is 1. The third-order valence-electron chi connectivity index (χ3n) is 5.70. The molecule has 0 bridgehead atoms. The molecule has 7 heteroatoms. The predicted molar refractivity (Wildman–Crippen MR) is 123 cm³/mol. The van der Waals surface area contributed by atoms with E-state index < -0.39 is 10.0 Å². The zero-order valence-corrected chi connectivity index (χ0v) is 19.7. The topological polar surface area (TPSA) is 66.4 Å². The molecule has 0 saturated carbocycles. The highest BCUT2D eigenvalue weighted by molar-refractivity contribution is 7.89. The first-order valence-corrected chi connectivity index (χ1v) is 12.5. The fourth-order valence-corrected chi connectivity index (χ4v) is 5.00. The van der Waals surface area contributed by atoms with Crippen molar-refractivity contribution in [2.45, 2.75) is 53.4 Å². The van der Waals surface area contributed by atoms with E-state index in [4.69, 9.17) is 9.97 Å². The normalized spacial score (nSPS) is 15.7. The summed E-state index contributed by atoms with van der Waals surface area (Å²) in [4.78, 5) is 12.1. The Morgan fingerprint density at radius 3 is 2.33 bits per heavy atom. The lowest BCUT2D eigenvalue weighted by molar-refractivity contribution is 0.384. The predicted octanol–water partition coefficient (Wildman–Crippen LogP) is 3.53. The quantitative estimate of drug-likeness (QED) is 0.672. The van der Waals surface area contributed by atoms with Gasteiger partial charge in [0.1, 0.15) is 11.6 Å². The molecule has 0 atom stereocenters. The molecule has 1 aliphatic rings. The minimum absolute atomic E-state index is 0.149. The Kier molecular flexibility index (Phi) is 7.14. The molecule has 1 aliphatic heterocycles. The van der Waals surface area contributed by atoms with E-state index in [0.29, 0.717) is 26.2 Å². The second-order valence-corrected chi connectivity index (χ2v) is 10.5. The van der Waals surface area contributed by atoms with Crippen molar-refractivity contribution in [1.82, 2.24) is 14.3 Å². The third-order valence-corrected chi connectivity index (χ3v) is 7.58. The van der Waals surface area contributed by atoms with Gasteiger partial charge in [0.2, 0.25) is 10.0 Å². The molecule has 2 heterocycles. The molecule has 30 heavy (non-hydrogen) atoms. The van der Waals surface area contributed by atoms with Gasteiger partial charge in [-0.2, -0.15) is 4.31 Å². The van der Waals surface area contributed by atoms with Crippen LogP contribution in [0.1, 0.15) is 61.8 Å². The second kappa shape index (κ2) is 9.43. The first kappa shape index (κ1) is 22.7. The molecular weight excluding hydrogens is 396 g/mol. The summed E-state index contributed by atoms with van der Waals surface area (Å²) in [6, 6.07) is 8.56. The smallest absolute Gasteiger partial charge is 0.213 e. The lowest BCUT2D eigenvalue weighted by Crippen LogP contribution is -2.49. The highest BCUT2D eigenvalue weighted by Crippen LogP contribution is 2.28. The Bertz CT molecular complexity index is 981. The summed E-state index contributed by atoms with van der Waals surface area (Å²) in [6.45, 7) is 12.5. The standard InChI is InChI=1S/C23H34N4O2S/c1-6-21-20(16-19-10-8-9-18(5)15-19)23(25-22(24-21)17(3)4)26-11-13-27(14-12-26)30(28,29)7-2/h8-10,15,17H,6-7,11-14,16H2,1-5H3. The van der Waals surface area contributed by atoms with E-state index in [1.54, 1.807) is 11.2 Å². The van der Waals surface area contributed by atoms with Gasteiger partial charge in [0.25, 0.3) is 0 Å². The van der Waals surface area contributed by atoms with Gasteiger partial charge in [-0.3, -0.25) is 0 Å². The van der Waals surface area contributed by atoms with Crippen molar-refractivity contribution >= 4 is 15.8 Å². The van der Waals surface area contributed by atoms with Crippen LogP contribution >= 0.6 is 0 Å². The number of nitrogens with zero attached hydrogens (tertiary/aromatic N) is 4. The third kappa shape index (κ3) is 5.01. The number of aromatic nitrogens is 2. The van der Waals surface area contributed by atoms with Crippen LogP contribution in [0.15, 0.2) is 24.3 Å². The van der Waals surface area contributed by atoms with E-state index in [2.05, 4.69) is 56.9 Å². The summed E-state index contributed by atoms with van der Waals surface area (Å²) in [7, 11) is -3.15. The van der Waals surface area contributed by atoms with Crippen LogP contribution in [0, 0.1) is 6.92 Å². The van der Waals surface area contributed by atoms with Crippen molar-refractivity contribution in [2.75, 3.05) is 36.8 Å². The van der Waals surface area contributed by atoms with Crippen molar-refractivity contribution in [2.24, 2.45) is 0 Å². The van der Waals surface area contributed by atoms with E-state index in [1.165, 1.54) is 16.7 Å². The average Bonchev–Trinajstić information content (AvgIpc) is 2.73. The van der Waals surface area contributed by atoms with Gasteiger partial charge >= 0.3 is 0 Å². The molecule has 0 amide bonds. The molecule has 0 spiro atoms. The Morgan fingerprint density at radius 1 is 1.07 bits per heavy atom. The molecule has 0 N–H and O–H groups in total. The summed E-state index contributed by atoms with van der Waals surface area (Å²) in [6.07, 6.45) is 1.63. The van der Waals surface area contributed by atoms with Gasteiger partial charge in [-0.05, 0) is 25.8 Å². The van der Waals surface area contributed by atoms with E-state index in [9.17, 15) is 8.42 Å². The van der Waals surface area contributed by atoms with Crippen molar-refractivity contribution in [3.8, 4) is 0 Å². The van der Waals surface area contributed by atoms with Crippen LogP contribution in [0.25, 0.3) is 0 Å². The molecule has 0 aliphatic carbocycles. The minimum Gasteiger partial charge on any atom is -0.354 e. The van der Waals surface area contributed by atoms with Crippen LogP contribution in [-0.4, -0.2) is 54.6 Å². The van der Waals surface area contributed by atoms with E-state index in [1.807, 2.05) is 0 Å². The van der Waals surface area contributed by atoms with Crippen LogP contribution in [0.4, 0.5) is 5.82 Å². The maximum absolute atomic E-state index is 12.3. The van der Waals surface area contributed by atoms with Gasteiger partial charge in [-0.1, -0.05) is 50.6 Å². The molecule has 1 fully saturated rings. The van der Waals surface area contributed by atoms with Crippen LogP contribution < -0.4 is 4.90 Å². The number of sulfonamides is 1. The monoisotopic (exact) mass is 430 g/mol. The summed E-state index contributed by atoms with van der Waals surface area (Å²) < 4.78 is 26.1. The number of benzene rings is 1. The summed E-state index contributed by atoms with van der Waals surface area (Å²) in [5.41, 5.74) is 4.75. The number of hydrogen-bond donors (Lipinski definition) is 0. The van der Waals surface area contributed by atoms with E-state index in [0.717, 1.165) is 30.2 Å². The highest BCUT2D eigenvalue weighted by Gasteiger charge is 2.28. The van der Waals surface area contributed by atoms with Crippen LogP contribution in [0.2, 0.25) is 0 Å². The molecule has 1 saturated heterocycles. The fourth-order valence-electron chi connectivity index (χ4n) is 3.92. The molecular formula is C23H34N4O2S. The maximum Gasteiger partial charge on any atom is 0.213 e. The molecule has 1 aromatic heterocycles. The zero-order chi connectivity index (χ0) is 21.9. The maximum atomic E-state index is 12.3. The van der Waals surface area contributed by atoms with Gasteiger partial charge in [0.05, 0.1) is 5.75 Å². The number of hydrogen-bond acceptors (Lipinski definition) is 5. The molecule has 0 radical (unpaired) electrons. The lowest BCUT2D eigenvalue weighted by atomic mass is 10.00. The Hall–Kier alpha value is -1.99. The average molecular weight is 431 g/mol. The second-order valence-electron chi connectivity index (χ2n) is 8.29. The molecule has 6 nitrogen and oxygen atoms in total. The van der Waals surface area contributed by atoms with E-state index in [-0.39, 0.29) is 11.7 Å². The van der Waals surface area contributed by atoms with Gasteiger partial charge in [0, 0.05) is 49.8 Å². The Morgan fingerprint density at radius 2 is 1.77 bits per heavy atom. The first-order valence-electron chi connectivity index (χ1n) is 10.9. The van der Waals surface area contributed by atoms with Crippen LogP contribution in [-0.2, 0) is 22.9 Å². The van der Waals surface area contributed by atoms with Gasteiger partial charge < -0.3 is 4.90 Å². The first-order chi connectivity index (χ1) is 14.2. The van der Waals surface area contributed by atoms with Crippen LogP contribution in [0.3, 0.4) is 0 Å². The lowest BCUT2D eigenvalue weighted by Gasteiger charge is -2.36. The number of anilines is 1. The van der Waals surface area contributed by atoms with Gasteiger partial charge in [-0.25, -0.2) is 18.4 Å². The van der Waals surface area contributed by atoms with Crippen molar-refractivity contribution in [1.29, 1.82) is 0 Å². The molecule has 164 valence electrons. The molecule has 0 unspecified atom stereocenters. The van der Waals surface area contributed by atoms with Crippen molar-refractivity contribution in [3.63, 3.8) is 0 Å². The van der Waals surface area contributed by atoms with Gasteiger partial charge in [-0.15, -0.1) is 0 Å². The largest absolute Gasteiger partial charge is 0.354 e. The van der Waals surface area contributed by atoms with Gasteiger partial charge in [0.15, 0.2) is 0 Å². The van der Waals surface area contributed by atoms with Crippen LogP contribution in [0.5, 0.6) is 0 Å². The summed E-state index contributed by atoms with van der Waals surface area (Å²) in [5, 5.41) is 0. The number of aryl methyl sites for hydroxylation is 2.